The van der Waals surface area contributed by atoms with Gasteiger partial charge in [0.25, 0.3) is 0 Å². The molecule has 0 bridgehead atoms. The number of hydrogen-bond acceptors (Lipinski definition) is 4. The quantitative estimate of drug-likeness (QED) is 0.721. The molecule has 0 aromatic heterocycles. The molecule has 1 saturated heterocycles. The summed E-state index contributed by atoms with van der Waals surface area (Å²) in [7, 11) is 0. The Bertz CT molecular complexity index is 732. The van der Waals surface area contributed by atoms with Crippen LogP contribution in [0.4, 0.5) is 11.4 Å². The van der Waals surface area contributed by atoms with Crippen LogP contribution in [-0.2, 0) is 16.0 Å². The van der Waals surface area contributed by atoms with Crippen molar-refractivity contribution in [2.24, 2.45) is 0 Å². The average Bonchev–Trinajstić information content (AvgIpc) is 3.10. The van der Waals surface area contributed by atoms with Crippen molar-refractivity contribution in [3.05, 3.63) is 53.1 Å². The van der Waals surface area contributed by atoms with E-state index in [-0.39, 0.29) is 30.8 Å². The van der Waals surface area contributed by atoms with E-state index in [9.17, 15) is 4.79 Å². The van der Waals surface area contributed by atoms with E-state index in [1.165, 1.54) is 0 Å². The van der Waals surface area contributed by atoms with Gasteiger partial charge >= 0.3 is 0 Å². The number of amides is 1. The van der Waals surface area contributed by atoms with Gasteiger partial charge < -0.3 is 20.5 Å². The van der Waals surface area contributed by atoms with E-state index in [4.69, 9.17) is 26.8 Å². The Morgan fingerprint density at radius 2 is 2.04 bits per heavy atom. The summed E-state index contributed by atoms with van der Waals surface area (Å²) >= 11 is 6.06. The predicted molar refractivity (Wildman–Crippen MR) is 106 cm³/mol. The molecule has 1 unspecified atom stereocenters. The highest BCUT2D eigenvalue weighted by Crippen LogP contribution is 2.29. The van der Waals surface area contributed by atoms with Crippen molar-refractivity contribution in [2.75, 3.05) is 24.3 Å². The Morgan fingerprint density at radius 3 is 2.73 bits per heavy atom. The number of nitrogen functional groups attached to an aromatic ring is 1. The van der Waals surface area contributed by atoms with E-state index in [1.54, 1.807) is 30.3 Å². The standard InChI is InChI=1S/C19H21ClN2O3.ClH/c20-14-5-8-18(25-12-16-2-1-9-24-16)17(11-14)22-19(23)10-13-3-6-15(21)7-4-13;/h3-8,11,16H,1-2,9-10,12,21H2,(H,22,23);1H. The van der Waals surface area contributed by atoms with E-state index in [1.807, 2.05) is 12.1 Å². The fourth-order valence-corrected chi connectivity index (χ4v) is 2.87. The summed E-state index contributed by atoms with van der Waals surface area (Å²) in [6.45, 7) is 1.24. The molecule has 0 aliphatic carbocycles. The third kappa shape index (κ3) is 5.80. The molecule has 1 aliphatic rings. The Kier molecular flexibility index (Phi) is 7.57. The molecule has 7 heteroatoms. The number of halogens is 2. The van der Waals surface area contributed by atoms with Gasteiger partial charge in [0.1, 0.15) is 12.4 Å². The van der Waals surface area contributed by atoms with E-state index in [0.29, 0.717) is 28.8 Å². The van der Waals surface area contributed by atoms with E-state index in [0.717, 1.165) is 25.0 Å². The van der Waals surface area contributed by atoms with Crippen molar-refractivity contribution in [1.29, 1.82) is 0 Å². The lowest BCUT2D eigenvalue weighted by atomic mass is 10.1. The first kappa shape index (κ1) is 20.4. The van der Waals surface area contributed by atoms with Gasteiger partial charge in [0, 0.05) is 17.3 Å². The lowest BCUT2D eigenvalue weighted by Crippen LogP contribution is -2.18. The number of rotatable bonds is 6. The van der Waals surface area contributed by atoms with Gasteiger partial charge in [-0.05, 0) is 48.7 Å². The van der Waals surface area contributed by atoms with Crippen molar-refractivity contribution in [3.8, 4) is 5.75 Å². The van der Waals surface area contributed by atoms with Crippen LogP contribution in [0.1, 0.15) is 18.4 Å². The maximum absolute atomic E-state index is 12.3. The van der Waals surface area contributed by atoms with E-state index >= 15 is 0 Å². The monoisotopic (exact) mass is 396 g/mol. The van der Waals surface area contributed by atoms with Crippen molar-refractivity contribution in [3.63, 3.8) is 0 Å². The summed E-state index contributed by atoms with van der Waals surface area (Å²) in [6, 6.07) is 12.4. The minimum Gasteiger partial charge on any atom is -0.489 e. The number of nitrogens with two attached hydrogens (primary N) is 1. The number of carbonyl (C=O) groups is 1. The molecule has 1 aliphatic heterocycles. The molecule has 2 aromatic rings. The maximum atomic E-state index is 12.3. The normalized spacial score (nSPS) is 16.0. The van der Waals surface area contributed by atoms with Crippen LogP contribution in [0.5, 0.6) is 5.75 Å². The number of anilines is 2. The highest BCUT2D eigenvalue weighted by atomic mass is 35.5. The van der Waals surface area contributed by atoms with Gasteiger partial charge in [0.05, 0.1) is 18.2 Å². The predicted octanol–water partition coefficient (Wildman–Crippen LogP) is 4.08. The smallest absolute Gasteiger partial charge is 0.228 e. The van der Waals surface area contributed by atoms with Gasteiger partial charge in [0.15, 0.2) is 0 Å². The third-order valence-corrected chi connectivity index (χ3v) is 4.24. The van der Waals surface area contributed by atoms with Crippen molar-refractivity contribution in [1.82, 2.24) is 0 Å². The Labute approximate surface area is 164 Å². The van der Waals surface area contributed by atoms with Crippen LogP contribution < -0.4 is 15.8 Å². The number of benzene rings is 2. The van der Waals surface area contributed by atoms with Gasteiger partial charge in [-0.3, -0.25) is 4.79 Å². The summed E-state index contributed by atoms with van der Waals surface area (Å²) in [4.78, 5) is 12.3. The molecule has 0 radical (unpaired) electrons. The van der Waals surface area contributed by atoms with E-state index < -0.39 is 0 Å². The van der Waals surface area contributed by atoms with Crippen molar-refractivity contribution >= 4 is 41.3 Å². The molecule has 2 aromatic carbocycles. The van der Waals surface area contributed by atoms with Crippen LogP contribution >= 0.6 is 24.0 Å². The van der Waals surface area contributed by atoms with Crippen LogP contribution in [0.2, 0.25) is 5.02 Å². The summed E-state index contributed by atoms with van der Waals surface area (Å²) in [6.07, 6.45) is 2.40. The van der Waals surface area contributed by atoms with Crippen LogP contribution in [-0.4, -0.2) is 25.2 Å². The number of hydrogen-bond donors (Lipinski definition) is 2. The summed E-state index contributed by atoms with van der Waals surface area (Å²) in [5, 5.41) is 3.40. The molecule has 1 atom stereocenters. The molecule has 3 rings (SSSR count). The van der Waals surface area contributed by atoms with Crippen LogP contribution in [0, 0.1) is 0 Å². The molecule has 1 fully saturated rings. The molecular formula is C19H22Cl2N2O3. The second-order valence-electron chi connectivity index (χ2n) is 6.05. The molecule has 1 amide bonds. The number of nitrogens with one attached hydrogen (secondary N) is 1. The molecular weight excluding hydrogens is 375 g/mol. The van der Waals surface area contributed by atoms with Gasteiger partial charge in [-0.1, -0.05) is 23.7 Å². The Morgan fingerprint density at radius 1 is 1.27 bits per heavy atom. The van der Waals surface area contributed by atoms with Gasteiger partial charge in [-0.15, -0.1) is 12.4 Å². The fraction of sp³-hybridized carbons (Fsp3) is 0.316. The van der Waals surface area contributed by atoms with Gasteiger partial charge in [-0.2, -0.15) is 0 Å². The summed E-state index contributed by atoms with van der Waals surface area (Å²) in [5.74, 6) is 0.444. The van der Waals surface area contributed by atoms with Gasteiger partial charge in [0.2, 0.25) is 5.91 Å². The minimum absolute atomic E-state index is 0. The molecule has 5 nitrogen and oxygen atoms in total. The third-order valence-electron chi connectivity index (χ3n) is 4.01. The average molecular weight is 397 g/mol. The summed E-state index contributed by atoms with van der Waals surface area (Å²) in [5.41, 5.74) is 7.78. The molecule has 0 spiro atoms. The summed E-state index contributed by atoms with van der Waals surface area (Å²) < 4.78 is 11.4. The fourth-order valence-electron chi connectivity index (χ4n) is 2.70. The first-order valence-electron chi connectivity index (χ1n) is 8.28. The van der Waals surface area contributed by atoms with Crippen LogP contribution in [0.3, 0.4) is 0 Å². The van der Waals surface area contributed by atoms with E-state index in [2.05, 4.69) is 5.32 Å². The zero-order valence-corrected chi connectivity index (χ0v) is 15.8. The Hall–Kier alpha value is -1.95. The second kappa shape index (κ2) is 9.67. The molecule has 26 heavy (non-hydrogen) atoms. The zero-order chi connectivity index (χ0) is 17.6. The highest BCUT2D eigenvalue weighted by molar-refractivity contribution is 6.31. The lowest BCUT2D eigenvalue weighted by Gasteiger charge is -2.15. The van der Waals surface area contributed by atoms with Crippen molar-refractivity contribution < 1.29 is 14.3 Å². The molecule has 140 valence electrons. The molecule has 1 heterocycles. The second-order valence-corrected chi connectivity index (χ2v) is 6.49. The topological polar surface area (TPSA) is 73.6 Å². The zero-order valence-electron chi connectivity index (χ0n) is 14.2. The largest absolute Gasteiger partial charge is 0.489 e. The highest BCUT2D eigenvalue weighted by Gasteiger charge is 2.17. The minimum atomic E-state index is -0.144. The van der Waals surface area contributed by atoms with Crippen molar-refractivity contribution in [2.45, 2.75) is 25.4 Å². The maximum Gasteiger partial charge on any atom is 0.228 e. The first-order chi connectivity index (χ1) is 12.1. The molecule has 0 saturated carbocycles. The number of ether oxygens (including phenoxy) is 2. The molecule has 3 N–H and O–H groups in total. The lowest BCUT2D eigenvalue weighted by molar-refractivity contribution is -0.115. The number of carbonyl (C=O) groups excluding carboxylic acids is 1. The SMILES string of the molecule is Cl.Nc1ccc(CC(=O)Nc2cc(Cl)ccc2OCC2CCCO2)cc1. The van der Waals surface area contributed by atoms with Crippen LogP contribution in [0.25, 0.3) is 0 Å². The first-order valence-corrected chi connectivity index (χ1v) is 8.66. The van der Waals surface area contributed by atoms with Crippen LogP contribution in [0.15, 0.2) is 42.5 Å². The Balaban J connectivity index is 0.00000243. The van der Waals surface area contributed by atoms with Gasteiger partial charge in [-0.25, -0.2) is 0 Å².